The highest BCUT2D eigenvalue weighted by Crippen LogP contribution is 2.24. The van der Waals surface area contributed by atoms with Gasteiger partial charge in [0.1, 0.15) is 11.5 Å². The van der Waals surface area contributed by atoms with Gasteiger partial charge in [0.05, 0.1) is 5.56 Å². The van der Waals surface area contributed by atoms with Gasteiger partial charge in [-0.25, -0.2) is 0 Å². The first-order valence-corrected chi connectivity index (χ1v) is 7.32. The molecule has 116 valence electrons. The molecule has 0 spiro atoms. The average molecular weight is 293 g/mol. The number of phenolic OH excluding ortho intramolecular Hbond substituents is 2. The summed E-state index contributed by atoms with van der Waals surface area (Å²) in [7, 11) is 0. The second-order valence-electron chi connectivity index (χ2n) is 5.33. The lowest BCUT2D eigenvalue weighted by atomic mass is 10.1. The van der Waals surface area contributed by atoms with Gasteiger partial charge in [-0.1, -0.05) is 6.92 Å². The highest BCUT2D eigenvalue weighted by molar-refractivity contribution is 5.97. The summed E-state index contributed by atoms with van der Waals surface area (Å²) in [4.78, 5) is 16.4. The molecule has 1 saturated heterocycles. The zero-order valence-corrected chi connectivity index (χ0v) is 12.3. The third kappa shape index (κ3) is 3.46. The lowest BCUT2D eigenvalue weighted by molar-refractivity contribution is 0.0569. The molecule has 0 bridgehead atoms. The van der Waals surface area contributed by atoms with Crippen molar-refractivity contribution in [2.24, 2.45) is 5.73 Å². The number of nitrogens with two attached hydrogens (primary N) is 1. The van der Waals surface area contributed by atoms with Crippen molar-refractivity contribution in [3.05, 3.63) is 23.8 Å². The summed E-state index contributed by atoms with van der Waals surface area (Å²) in [5.74, 6) is -0.439. The third-order valence-corrected chi connectivity index (χ3v) is 4.07. The van der Waals surface area contributed by atoms with Gasteiger partial charge in [-0.05, 0) is 18.6 Å². The van der Waals surface area contributed by atoms with Crippen molar-refractivity contribution in [2.45, 2.75) is 19.4 Å². The maximum Gasteiger partial charge on any atom is 0.257 e. The molecule has 1 aliphatic rings. The smallest absolute Gasteiger partial charge is 0.257 e. The van der Waals surface area contributed by atoms with Crippen molar-refractivity contribution in [2.75, 3.05) is 32.7 Å². The Balaban J connectivity index is 2.00. The molecule has 1 aromatic carbocycles. The molecule has 1 unspecified atom stereocenters. The molecule has 0 aliphatic carbocycles. The Morgan fingerprint density at radius 2 is 1.95 bits per heavy atom. The number of benzene rings is 1. The van der Waals surface area contributed by atoms with Crippen LogP contribution in [0.2, 0.25) is 0 Å². The van der Waals surface area contributed by atoms with Crippen LogP contribution in [-0.2, 0) is 0 Å². The Morgan fingerprint density at radius 3 is 2.48 bits per heavy atom. The fourth-order valence-electron chi connectivity index (χ4n) is 2.74. The van der Waals surface area contributed by atoms with Crippen LogP contribution < -0.4 is 5.73 Å². The lowest BCUT2D eigenvalue weighted by Crippen LogP contribution is -2.53. The molecule has 0 radical (unpaired) electrons. The third-order valence-electron chi connectivity index (χ3n) is 4.07. The van der Waals surface area contributed by atoms with E-state index in [-0.39, 0.29) is 23.0 Å². The molecule has 1 amide bonds. The van der Waals surface area contributed by atoms with Crippen LogP contribution in [0.5, 0.6) is 11.5 Å². The highest BCUT2D eigenvalue weighted by Gasteiger charge is 2.26. The van der Waals surface area contributed by atoms with Gasteiger partial charge < -0.3 is 20.8 Å². The minimum absolute atomic E-state index is 0.0531. The van der Waals surface area contributed by atoms with Gasteiger partial charge in [0.25, 0.3) is 5.91 Å². The minimum atomic E-state index is -0.201. The quantitative estimate of drug-likeness (QED) is 0.756. The fraction of sp³-hybridized carbons (Fsp3) is 0.533. The highest BCUT2D eigenvalue weighted by atomic mass is 16.3. The van der Waals surface area contributed by atoms with E-state index in [1.54, 1.807) is 4.90 Å². The molecule has 2 rings (SSSR count). The van der Waals surface area contributed by atoms with Crippen LogP contribution in [0.1, 0.15) is 23.7 Å². The second kappa shape index (κ2) is 6.78. The van der Waals surface area contributed by atoms with Crippen molar-refractivity contribution >= 4 is 5.91 Å². The summed E-state index contributed by atoms with van der Waals surface area (Å²) in [6, 6.07) is 4.41. The number of carbonyl (C=O) groups is 1. The largest absolute Gasteiger partial charge is 0.508 e. The standard InChI is InChI=1S/C15H23N3O3/c1-2-11(10-16)17-5-7-18(8-6-17)15(21)13-4-3-12(19)9-14(13)20/h3-4,9,11,19-20H,2,5-8,10,16H2,1H3. The van der Waals surface area contributed by atoms with Crippen molar-refractivity contribution in [3.63, 3.8) is 0 Å². The Labute approximate surface area is 124 Å². The van der Waals surface area contributed by atoms with E-state index in [2.05, 4.69) is 11.8 Å². The van der Waals surface area contributed by atoms with E-state index in [4.69, 9.17) is 5.73 Å². The van der Waals surface area contributed by atoms with Crippen LogP contribution >= 0.6 is 0 Å². The molecule has 0 aromatic heterocycles. The molecule has 1 atom stereocenters. The van der Waals surface area contributed by atoms with Crippen molar-refractivity contribution < 1.29 is 15.0 Å². The van der Waals surface area contributed by atoms with Gasteiger partial charge in [0.2, 0.25) is 0 Å². The van der Waals surface area contributed by atoms with Gasteiger partial charge >= 0.3 is 0 Å². The zero-order chi connectivity index (χ0) is 15.4. The van der Waals surface area contributed by atoms with Crippen LogP contribution in [0, 0.1) is 0 Å². The maximum absolute atomic E-state index is 12.4. The van der Waals surface area contributed by atoms with Crippen LogP contribution in [0.3, 0.4) is 0 Å². The zero-order valence-electron chi connectivity index (χ0n) is 12.3. The first kappa shape index (κ1) is 15.6. The molecule has 1 aliphatic heterocycles. The van der Waals surface area contributed by atoms with Crippen LogP contribution in [0.25, 0.3) is 0 Å². The van der Waals surface area contributed by atoms with Crippen LogP contribution in [0.4, 0.5) is 0 Å². The second-order valence-corrected chi connectivity index (χ2v) is 5.33. The Kier molecular flexibility index (Phi) is 5.03. The van der Waals surface area contributed by atoms with E-state index >= 15 is 0 Å². The first-order chi connectivity index (χ1) is 10.1. The molecule has 4 N–H and O–H groups in total. The number of phenols is 2. The Morgan fingerprint density at radius 1 is 1.29 bits per heavy atom. The summed E-state index contributed by atoms with van der Waals surface area (Å²) >= 11 is 0. The van der Waals surface area contributed by atoms with Crippen molar-refractivity contribution in [1.82, 2.24) is 9.80 Å². The van der Waals surface area contributed by atoms with Gasteiger partial charge in [-0.15, -0.1) is 0 Å². The molecule has 1 heterocycles. The van der Waals surface area contributed by atoms with E-state index in [0.717, 1.165) is 19.5 Å². The Hall–Kier alpha value is -1.79. The summed E-state index contributed by atoms with van der Waals surface area (Å²) in [6.07, 6.45) is 1.00. The van der Waals surface area contributed by atoms with E-state index in [1.165, 1.54) is 18.2 Å². The molecular weight excluding hydrogens is 270 g/mol. The average Bonchev–Trinajstić information content (AvgIpc) is 2.48. The number of carbonyl (C=O) groups excluding carboxylic acids is 1. The number of piperazine rings is 1. The predicted octanol–water partition coefficient (Wildman–Crippen LogP) is 0.593. The fourth-order valence-corrected chi connectivity index (χ4v) is 2.74. The summed E-state index contributed by atoms with van der Waals surface area (Å²) in [5, 5.41) is 19.1. The lowest BCUT2D eigenvalue weighted by Gasteiger charge is -2.38. The van der Waals surface area contributed by atoms with Crippen LogP contribution in [-0.4, -0.2) is 64.7 Å². The van der Waals surface area contributed by atoms with E-state index in [0.29, 0.717) is 25.7 Å². The Bertz CT molecular complexity index is 495. The van der Waals surface area contributed by atoms with Crippen LogP contribution in [0.15, 0.2) is 18.2 Å². The number of aromatic hydroxyl groups is 2. The molecule has 1 aromatic rings. The first-order valence-electron chi connectivity index (χ1n) is 7.32. The monoisotopic (exact) mass is 293 g/mol. The molecule has 6 nitrogen and oxygen atoms in total. The molecule has 0 saturated carbocycles. The molecule has 1 fully saturated rings. The summed E-state index contributed by atoms with van der Waals surface area (Å²) in [6.45, 7) is 5.57. The van der Waals surface area contributed by atoms with Gasteiger partial charge in [-0.2, -0.15) is 0 Å². The summed E-state index contributed by atoms with van der Waals surface area (Å²) in [5.41, 5.74) is 5.98. The number of hydrogen-bond donors (Lipinski definition) is 3. The van der Waals surface area contributed by atoms with E-state index < -0.39 is 0 Å². The SMILES string of the molecule is CCC(CN)N1CCN(C(=O)c2ccc(O)cc2O)CC1. The normalized spacial score (nSPS) is 17.7. The van der Waals surface area contributed by atoms with Gasteiger partial charge in [0.15, 0.2) is 0 Å². The number of hydrogen-bond acceptors (Lipinski definition) is 5. The number of rotatable bonds is 4. The molecule has 6 heteroatoms. The van der Waals surface area contributed by atoms with Crippen molar-refractivity contribution in [3.8, 4) is 11.5 Å². The predicted molar refractivity (Wildman–Crippen MR) is 80.4 cm³/mol. The van der Waals surface area contributed by atoms with Gasteiger partial charge in [-0.3, -0.25) is 9.69 Å². The number of nitrogens with zero attached hydrogens (tertiary/aromatic N) is 2. The molecule has 21 heavy (non-hydrogen) atoms. The minimum Gasteiger partial charge on any atom is -0.508 e. The van der Waals surface area contributed by atoms with E-state index in [1.807, 2.05) is 0 Å². The van der Waals surface area contributed by atoms with E-state index in [9.17, 15) is 15.0 Å². The molecular formula is C15H23N3O3. The van der Waals surface area contributed by atoms with Gasteiger partial charge in [0, 0.05) is 44.8 Å². The maximum atomic E-state index is 12.4. The summed E-state index contributed by atoms with van der Waals surface area (Å²) < 4.78 is 0. The number of amides is 1. The topological polar surface area (TPSA) is 90.0 Å². The van der Waals surface area contributed by atoms with Crippen molar-refractivity contribution in [1.29, 1.82) is 0 Å².